The van der Waals surface area contributed by atoms with Crippen LogP contribution in [0.4, 0.5) is 0 Å². The lowest BCUT2D eigenvalue weighted by atomic mass is 10.1. The number of halogens is 2. The van der Waals surface area contributed by atoms with E-state index in [1.165, 1.54) is 4.90 Å². The Hall–Kier alpha value is -2.05. The van der Waals surface area contributed by atoms with Crippen molar-refractivity contribution in [1.29, 1.82) is 0 Å². The molecule has 0 unspecified atom stereocenters. The number of carbonyl (C=O) groups excluding carboxylic acids is 2. The number of ether oxygens (including phenoxy) is 1. The fourth-order valence-electron chi connectivity index (χ4n) is 2.69. The molecule has 2 amide bonds. The van der Waals surface area contributed by atoms with E-state index in [9.17, 15) is 9.59 Å². The Balaban J connectivity index is 2.11. The third-order valence-corrected chi connectivity index (χ3v) is 5.37. The maximum absolute atomic E-state index is 12.9. The van der Waals surface area contributed by atoms with Crippen molar-refractivity contribution in [2.45, 2.75) is 39.3 Å². The van der Waals surface area contributed by atoms with Gasteiger partial charge < -0.3 is 15.0 Å². The molecule has 0 fully saturated rings. The molecule has 2 aromatic rings. The minimum absolute atomic E-state index is 0.168. The molecule has 7 heteroatoms. The number of amides is 2. The van der Waals surface area contributed by atoms with Gasteiger partial charge in [-0.25, -0.2) is 0 Å². The average molecular weight is 482 g/mol. The Morgan fingerprint density at radius 3 is 2.52 bits per heavy atom. The second-order valence-electron chi connectivity index (χ2n) is 6.68. The second-order valence-corrected chi connectivity index (χ2v) is 8.00. The van der Waals surface area contributed by atoms with Gasteiger partial charge in [-0.15, -0.1) is 0 Å². The van der Waals surface area contributed by atoms with Crippen molar-refractivity contribution in [3.63, 3.8) is 0 Å². The Morgan fingerprint density at radius 2 is 1.86 bits per heavy atom. The van der Waals surface area contributed by atoms with Crippen LogP contribution >= 0.6 is 27.5 Å². The Bertz CT molecular complexity index is 814. The van der Waals surface area contributed by atoms with Crippen molar-refractivity contribution in [3.05, 3.63) is 63.6 Å². The highest BCUT2D eigenvalue weighted by atomic mass is 79.9. The molecular formula is C22H26BrClN2O3. The lowest BCUT2D eigenvalue weighted by molar-refractivity contribution is -0.142. The summed E-state index contributed by atoms with van der Waals surface area (Å²) in [4.78, 5) is 27.0. The van der Waals surface area contributed by atoms with Gasteiger partial charge >= 0.3 is 0 Å². The van der Waals surface area contributed by atoms with Crippen molar-refractivity contribution >= 4 is 39.3 Å². The molecule has 0 heterocycles. The molecule has 0 radical (unpaired) electrons. The molecule has 0 spiro atoms. The molecule has 5 nitrogen and oxygen atoms in total. The molecular weight excluding hydrogens is 456 g/mol. The van der Waals surface area contributed by atoms with Gasteiger partial charge in [-0.2, -0.15) is 0 Å². The van der Waals surface area contributed by atoms with E-state index in [2.05, 4.69) is 28.2 Å². The summed E-state index contributed by atoms with van der Waals surface area (Å²) in [5, 5.41) is 3.44. The molecule has 0 saturated carbocycles. The van der Waals surface area contributed by atoms with E-state index in [0.717, 1.165) is 22.9 Å². The van der Waals surface area contributed by atoms with Crippen LogP contribution in [0.2, 0.25) is 5.02 Å². The molecule has 2 aromatic carbocycles. The van der Waals surface area contributed by atoms with E-state index in [-0.39, 0.29) is 25.0 Å². The summed E-state index contributed by atoms with van der Waals surface area (Å²) in [5.41, 5.74) is 0.777. The van der Waals surface area contributed by atoms with Crippen LogP contribution in [-0.4, -0.2) is 35.9 Å². The highest BCUT2D eigenvalue weighted by molar-refractivity contribution is 9.10. The summed E-state index contributed by atoms with van der Waals surface area (Å²) in [6.07, 6.45) is 1.88. The van der Waals surface area contributed by atoms with Gasteiger partial charge in [0.1, 0.15) is 11.8 Å². The van der Waals surface area contributed by atoms with Gasteiger partial charge in [-0.1, -0.05) is 59.1 Å². The van der Waals surface area contributed by atoms with Crippen molar-refractivity contribution in [2.75, 3.05) is 13.2 Å². The number of hydrogen-bond donors (Lipinski definition) is 1. The molecule has 0 aliphatic carbocycles. The predicted molar refractivity (Wildman–Crippen MR) is 119 cm³/mol. The fourth-order valence-corrected chi connectivity index (χ4v) is 3.15. The quantitative estimate of drug-likeness (QED) is 0.495. The molecule has 0 aliphatic heterocycles. The normalized spacial score (nSPS) is 11.6. The summed E-state index contributed by atoms with van der Waals surface area (Å²) in [7, 11) is 0. The third-order valence-electron chi connectivity index (χ3n) is 4.47. The minimum atomic E-state index is -0.649. The molecule has 0 aromatic heterocycles. The van der Waals surface area contributed by atoms with Gasteiger partial charge in [-0.05, 0) is 49.2 Å². The van der Waals surface area contributed by atoms with E-state index in [1.54, 1.807) is 25.1 Å². The lowest BCUT2D eigenvalue weighted by Gasteiger charge is -2.29. The zero-order valence-corrected chi connectivity index (χ0v) is 19.0. The topological polar surface area (TPSA) is 58.6 Å². The predicted octanol–water partition coefficient (Wildman–Crippen LogP) is 4.81. The summed E-state index contributed by atoms with van der Waals surface area (Å²) < 4.78 is 6.55. The van der Waals surface area contributed by atoms with Crippen LogP contribution in [0.25, 0.3) is 0 Å². The summed E-state index contributed by atoms with van der Waals surface area (Å²) >= 11 is 9.64. The molecule has 0 aliphatic rings. The van der Waals surface area contributed by atoms with E-state index in [0.29, 0.717) is 17.3 Å². The zero-order chi connectivity index (χ0) is 21.2. The van der Waals surface area contributed by atoms with E-state index >= 15 is 0 Å². The van der Waals surface area contributed by atoms with Crippen LogP contribution < -0.4 is 10.1 Å². The highest BCUT2D eigenvalue weighted by Gasteiger charge is 2.26. The van der Waals surface area contributed by atoms with Crippen molar-refractivity contribution in [2.24, 2.45) is 0 Å². The van der Waals surface area contributed by atoms with Crippen LogP contribution in [0, 0.1) is 0 Å². The Kier molecular flexibility index (Phi) is 9.48. The number of benzene rings is 2. The van der Waals surface area contributed by atoms with E-state index < -0.39 is 6.04 Å². The smallest absolute Gasteiger partial charge is 0.261 e. The largest absolute Gasteiger partial charge is 0.484 e. The lowest BCUT2D eigenvalue weighted by Crippen LogP contribution is -2.49. The highest BCUT2D eigenvalue weighted by Crippen LogP contribution is 2.20. The SMILES string of the molecule is CCCCNC(=O)[C@H](C)N(Cc1ccccc1Cl)C(=O)COc1ccc(Br)cc1. The first-order chi connectivity index (χ1) is 13.9. The number of nitrogens with zero attached hydrogens (tertiary/aromatic N) is 1. The molecule has 156 valence electrons. The van der Waals surface area contributed by atoms with Crippen LogP contribution in [0.15, 0.2) is 53.0 Å². The van der Waals surface area contributed by atoms with Gasteiger partial charge in [0.05, 0.1) is 0 Å². The number of nitrogens with one attached hydrogen (secondary N) is 1. The van der Waals surface area contributed by atoms with Crippen molar-refractivity contribution in [3.8, 4) is 5.75 Å². The summed E-state index contributed by atoms with van der Waals surface area (Å²) in [6, 6.07) is 13.9. The molecule has 0 saturated heterocycles. The Morgan fingerprint density at radius 1 is 1.17 bits per heavy atom. The standard InChI is InChI=1S/C22H26BrClN2O3/c1-3-4-13-25-22(28)16(2)26(14-17-7-5-6-8-20(17)24)21(27)15-29-19-11-9-18(23)10-12-19/h5-12,16H,3-4,13-15H2,1-2H3,(H,25,28)/t16-/m0/s1. The number of hydrogen-bond acceptors (Lipinski definition) is 3. The molecule has 1 N–H and O–H groups in total. The summed E-state index contributed by atoms with van der Waals surface area (Å²) in [6.45, 7) is 4.42. The first-order valence-corrected chi connectivity index (χ1v) is 10.8. The second kappa shape index (κ2) is 11.8. The summed E-state index contributed by atoms with van der Waals surface area (Å²) in [5.74, 6) is 0.104. The first kappa shape index (κ1) is 23.2. The van der Waals surface area contributed by atoms with Crippen LogP contribution in [0.5, 0.6) is 5.75 Å². The fraction of sp³-hybridized carbons (Fsp3) is 0.364. The maximum atomic E-state index is 12.9. The van der Waals surface area contributed by atoms with Crippen molar-refractivity contribution < 1.29 is 14.3 Å². The van der Waals surface area contributed by atoms with Gasteiger partial charge in [-0.3, -0.25) is 9.59 Å². The number of carbonyl (C=O) groups is 2. The van der Waals surface area contributed by atoms with Gasteiger partial charge in [0.15, 0.2) is 6.61 Å². The van der Waals surface area contributed by atoms with Gasteiger partial charge in [0, 0.05) is 22.6 Å². The van der Waals surface area contributed by atoms with Crippen LogP contribution in [0.1, 0.15) is 32.3 Å². The van der Waals surface area contributed by atoms with Gasteiger partial charge in [0.25, 0.3) is 5.91 Å². The van der Waals surface area contributed by atoms with E-state index in [4.69, 9.17) is 16.3 Å². The molecule has 29 heavy (non-hydrogen) atoms. The van der Waals surface area contributed by atoms with E-state index in [1.807, 2.05) is 30.3 Å². The molecule has 2 rings (SSSR count). The van der Waals surface area contributed by atoms with Crippen LogP contribution in [-0.2, 0) is 16.1 Å². The first-order valence-electron chi connectivity index (χ1n) is 9.61. The van der Waals surface area contributed by atoms with Gasteiger partial charge in [0.2, 0.25) is 5.91 Å². The third kappa shape index (κ3) is 7.37. The van der Waals surface area contributed by atoms with Crippen molar-refractivity contribution in [1.82, 2.24) is 10.2 Å². The Labute approximate surface area is 185 Å². The number of rotatable bonds is 10. The molecule has 1 atom stereocenters. The molecule has 0 bridgehead atoms. The number of unbranched alkanes of at least 4 members (excludes halogenated alkanes) is 1. The maximum Gasteiger partial charge on any atom is 0.261 e. The van der Waals surface area contributed by atoms with Crippen LogP contribution in [0.3, 0.4) is 0 Å². The zero-order valence-electron chi connectivity index (χ0n) is 16.7. The average Bonchev–Trinajstić information content (AvgIpc) is 2.72. The minimum Gasteiger partial charge on any atom is -0.484 e. The monoisotopic (exact) mass is 480 g/mol.